The average molecular weight is 297 g/mol. The Morgan fingerprint density at radius 2 is 1.76 bits per heavy atom. The molecule has 106 valence electrons. The summed E-state index contributed by atoms with van der Waals surface area (Å²) in [6.07, 6.45) is 1.83. The highest BCUT2D eigenvalue weighted by atomic mass is 35.5. The summed E-state index contributed by atoms with van der Waals surface area (Å²) in [6.45, 7) is 2.96. The zero-order chi connectivity index (χ0) is 14.7. The number of fused-ring (bicyclic) bond motifs is 1. The fourth-order valence-corrected chi connectivity index (χ4v) is 2.91. The quantitative estimate of drug-likeness (QED) is 0.762. The lowest BCUT2D eigenvalue weighted by Gasteiger charge is -2.21. The van der Waals surface area contributed by atoms with Gasteiger partial charge in [-0.3, -0.25) is 4.98 Å². The molecule has 0 fully saturated rings. The number of halogens is 1. The van der Waals surface area contributed by atoms with Crippen molar-refractivity contribution in [2.45, 2.75) is 13.0 Å². The molecule has 0 aliphatic heterocycles. The molecular weight excluding hydrogens is 280 g/mol. The van der Waals surface area contributed by atoms with Crippen molar-refractivity contribution in [3.8, 4) is 0 Å². The van der Waals surface area contributed by atoms with E-state index in [0.717, 1.165) is 33.6 Å². The number of hydrogen-bond donors (Lipinski definition) is 1. The van der Waals surface area contributed by atoms with Crippen molar-refractivity contribution in [3.63, 3.8) is 0 Å². The van der Waals surface area contributed by atoms with Gasteiger partial charge in [-0.25, -0.2) is 0 Å². The fraction of sp³-hybridized carbons (Fsp3) is 0.167. The molecule has 3 heteroatoms. The topological polar surface area (TPSA) is 24.9 Å². The number of pyridine rings is 1. The monoisotopic (exact) mass is 296 g/mol. The molecule has 0 saturated carbocycles. The molecule has 0 aliphatic carbocycles. The second-order valence-electron chi connectivity index (χ2n) is 4.93. The van der Waals surface area contributed by atoms with Crippen LogP contribution in [0, 0.1) is 0 Å². The molecule has 0 saturated heterocycles. The molecule has 0 radical (unpaired) electrons. The normalized spacial score (nSPS) is 12.5. The van der Waals surface area contributed by atoms with Crippen LogP contribution in [0.3, 0.4) is 0 Å². The fourth-order valence-electron chi connectivity index (χ4n) is 2.66. The van der Waals surface area contributed by atoms with Gasteiger partial charge in [0.2, 0.25) is 0 Å². The van der Waals surface area contributed by atoms with Gasteiger partial charge in [0.15, 0.2) is 0 Å². The summed E-state index contributed by atoms with van der Waals surface area (Å²) in [5, 5.41) is 5.44. The molecule has 2 aromatic carbocycles. The molecule has 0 amide bonds. The summed E-state index contributed by atoms with van der Waals surface area (Å²) >= 11 is 6.40. The number of benzene rings is 2. The highest BCUT2D eigenvalue weighted by molar-refractivity contribution is 6.31. The number of rotatable bonds is 4. The van der Waals surface area contributed by atoms with Crippen LogP contribution in [0.1, 0.15) is 24.1 Å². The van der Waals surface area contributed by atoms with Crippen LogP contribution in [0.2, 0.25) is 5.02 Å². The molecular formula is C18H17ClN2. The largest absolute Gasteiger partial charge is 0.306 e. The number of aromatic nitrogens is 1. The van der Waals surface area contributed by atoms with Gasteiger partial charge in [-0.1, -0.05) is 61.0 Å². The van der Waals surface area contributed by atoms with E-state index in [9.17, 15) is 0 Å². The third kappa shape index (κ3) is 2.78. The molecule has 2 nitrogen and oxygen atoms in total. The van der Waals surface area contributed by atoms with Crippen LogP contribution in [0.4, 0.5) is 0 Å². The van der Waals surface area contributed by atoms with Crippen LogP contribution in [-0.4, -0.2) is 11.5 Å². The third-order valence-corrected chi connectivity index (χ3v) is 3.94. The second kappa shape index (κ2) is 6.25. The first kappa shape index (κ1) is 14.1. The Morgan fingerprint density at radius 3 is 2.57 bits per heavy atom. The SMILES string of the molecule is CCNC(c1ccccc1Cl)c1cccc2cccnc12. The van der Waals surface area contributed by atoms with Gasteiger partial charge in [-0.2, -0.15) is 0 Å². The van der Waals surface area contributed by atoms with Gasteiger partial charge < -0.3 is 5.32 Å². The number of nitrogens with one attached hydrogen (secondary N) is 1. The first-order valence-corrected chi connectivity index (χ1v) is 7.50. The van der Waals surface area contributed by atoms with Crippen LogP contribution < -0.4 is 5.32 Å². The molecule has 21 heavy (non-hydrogen) atoms. The van der Waals surface area contributed by atoms with Crippen LogP contribution in [-0.2, 0) is 0 Å². The van der Waals surface area contributed by atoms with Gasteiger partial charge in [-0.05, 0) is 29.8 Å². The Kier molecular flexibility index (Phi) is 4.18. The first-order valence-electron chi connectivity index (χ1n) is 7.12. The van der Waals surface area contributed by atoms with Crippen LogP contribution >= 0.6 is 11.6 Å². The van der Waals surface area contributed by atoms with Gasteiger partial charge >= 0.3 is 0 Å². The predicted molar refractivity (Wildman–Crippen MR) is 88.7 cm³/mol. The van der Waals surface area contributed by atoms with E-state index in [1.54, 1.807) is 0 Å². The zero-order valence-electron chi connectivity index (χ0n) is 11.9. The van der Waals surface area contributed by atoms with E-state index in [4.69, 9.17) is 11.6 Å². The van der Waals surface area contributed by atoms with Crippen molar-refractivity contribution >= 4 is 22.5 Å². The van der Waals surface area contributed by atoms with Crippen molar-refractivity contribution in [2.75, 3.05) is 6.54 Å². The molecule has 1 heterocycles. The molecule has 0 aliphatic rings. The summed E-state index contributed by atoms with van der Waals surface area (Å²) in [6, 6.07) is 18.3. The summed E-state index contributed by atoms with van der Waals surface area (Å²) < 4.78 is 0. The smallest absolute Gasteiger partial charge is 0.0753 e. The van der Waals surface area contributed by atoms with E-state index in [2.05, 4.69) is 47.6 Å². The Balaban J connectivity index is 2.19. The van der Waals surface area contributed by atoms with Gasteiger partial charge in [-0.15, -0.1) is 0 Å². The minimum Gasteiger partial charge on any atom is -0.306 e. The maximum Gasteiger partial charge on any atom is 0.0753 e. The van der Waals surface area contributed by atoms with Crippen molar-refractivity contribution in [2.24, 2.45) is 0 Å². The van der Waals surface area contributed by atoms with Crippen molar-refractivity contribution in [3.05, 3.63) is 76.9 Å². The van der Waals surface area contributed by atoms with Crippen molar-refractivity contribution < 1.29 is 0 Å². The Hall–Kier alpha value is -1.90. The van der Waals surface area contributed by atoms with Gasteiger partial charge in [0.1, 0.15) is 0 Å². The molecule has 0 spiro atoms. The van der Waals surface area contributed by atoms with E-state index in [1.807, 2.05) is 30.5 Å². The van der Waals surface area contributed by atoms with Gasteiger partial charge in [0, 0.05) is 16.6 Å². The summed E-state index contributed by atoms with van der Waals surface area (Å²) in [4.78, 5) is 4.56. The average Bonchev–Trinajstić information content (AvgIpc) is 2.53. The molecule has 1 aromatic heterocycles. The maximum absolute atomic E-state index is 6.40. The number of hydrogen-bond acceptors (Lipinski definition) is 2. The first-order chi connectivity index (χ1) is 10.3. The Labute approximate surface area is 129 Å². The Morgan fingerprint density at radius 1 is 1.00 bits per heavy atom. The number of nitrogens with zero attached hydrogens (tertiary/aromatic N) is 1. The summed E-state index contributed by atoms with van der Waals surface area (Å²) in [5.41, 5.74) is 3.26. The highest BCUT2D eigenvalue weighted by Gasteiger charge is 2.18. The van der Waals surface area contributed by atoms with Crippen molar-refractivity contribution in [1.82, 2.24) is 10.3 Å². The highest BCUT2D eigenvalue weighted by Crippen LogP contribution is 2.31. The van der Waals surface area contributed by atoms with Crippen LogP contribution in [0.25, 0.3) is 10.9 Å². The van der Waals surface area contributed by atoms with Crippen LogP contribution in [0.5, 0.6) is 0 Å². The van der Waals surface area contributed by atoms with Gasteiger partial charge in [0.05, 0.1) is 11.6 Å². The van der Waals surface area contributed by atoms with Crippen LogP contribution in [0.15, 0.2) is 60.8 Å². The second-order valence-corrected chi connectivity index (χ2v) is 5.34. The molecule has 0 bridgehead atoms. The predicted octanol–water partition coefficient (Wildman–Crippen LogP) is 4.59. The lowest BCUT2D eigenvalue weighted by atomic mass is 9.96. The minimum absolute atomic E-state index is 0.0438. The van der Waals surface area contributed by atoms with Crippen molar-refractivity contribution in [1.29, 1.82) is 0 Å². The summed E-state index contributed by atoms with van der Waals surface area (Å²) in [5.74, 6) is 0. The molecule has 1 N–H and O–H groups in total. The zero-order valence-corrected chi connectivity index (χ0v) is 12.6. The molecule has 3 rings (SSSR count). The lowest BCUT2D eigenvalue weighted by molar-refractivity contribution is 0.634. The van der Waals surface area contributed by atoms with Gasteiger partial charge in [0.25, 0.3) is 0 Å². The molecule has 1 atom stereocenters. The Bertz CT molecular complexity index is 750. The molecule has 3 aromatic rings. The summed E-state index contributed by atoms with van der Waals surface area (Å²) in [7, 11) is 0. The minimum atomic E-state index is 0.0438. The van der Waals surface area contributed by atoms with E-state index < -0.39 is 0 Å². The third-order valence-electron chi connectivity index (χ3n) is 3.60. The van der Waals surface area contributed by atoms with E-state index in [-0.39, 0.29) is 6.04 Å². The van der Waals surface area contributed by atoms with E-state index in [1.165, 1.54) is 0 Å². The van der Waals surface area contributed by atoms with E-state index in [0.29, 0.717) is 0 Å². The molecule has 1 unspecified atom stereocenters. The van der Waals surface area contributed by atoms with E-state index >= 15 is 0 Å². The maximum atomic E-state index is 6.40. The standard InChI is InChI=1S/C18H17ClN2/c1-2-20-18(14-9-3-4-11-16(14)19)15-10-5-7-13-8-6-12-21-17(13)15/h3-12,18,20H,2H2,1H3. The number of para-hydroxylation sites is 1. The lowest BCUT2D eigenvalue weighted by Crippen LogP contribution is -2.22.